The largest absolute Gasteiger partial charge is 0.342 e. The summed E-state index contributed by atoms with van der Waals surface area (Å²) >= 11 is 0. The van der Waals surface area contributed by atoms with Crippen LogP contribution in [-0.2, 0) is 11.3 Å². The molecular weight excluding hydrogens is 316 g/mol. The van der Waals surface area contributed by atoms with Gasteiger partial charge in [-0.2, -0.15) is 0 Å². The molecule has 1 aliphatic carbocycles. The Morgan fingerprint density at radius 2 is 1.80 bits per heavy atom. The zero-order chi connectivity index (χ0) is 17.2. The number of piperidine rings is 1. The maximum atomic E-state index is 12.0. The molecule has 0 radical (unpaired) electrons. The third-order valence-corrected chi connectivity index (χ3v) is 5.81. The molecule has 7 heteroatoms. The summed E-state index contributed by atoms with van der Waals surface area (Å²) in [7, 11) is 1.82. The van der Waals surface area contributed by atoms with Crippen molar-refractivity contribution in [1.82, 2.24) is 29.9 Å². The van der Waals surface area contributed by atoms with Crippen LogP contribution in [0.3, 0.4) is 0 Å². The maximum Gasteiger partial charge on any atom is 0.236 e. The number of nitrogens with zero attached hydrogens (tertiary/aromatic N) is 5. The van der Waals surface area contributed by atoms with Crippen molar-refractivity contribution in [3.8, 4) is 0 Å². The highest BCUT2D eigenvalue weighted by Crippen LogP contribution is 2.40. The van der Waals surface area contributed by atoms with Crippen LogP contribution in [0.5, 0.6) is 0 Å². The van der Waals surface area contributed by atoms with E-state index in [2.05, 4.69) is 25.0 Å². The SMILES string of the molecule is CNCC(=O)N1CCC(c2nnc(CN3CCCC3)n2C2CC2)CC1. The number of likely N-dealkylation sites (tertiary alicyclic amines) is 2. The van der Waals surface area contributed by atoms with Crippen molar-refractivity contribution in [2.75, 3.05) is 39.8 Å². The summed E-state index contributed by atoms with van der Waals surface area (Å²) < 4.78 is 2.45. The molecule has 1 N–H and O–H groups in total. The average molecular weight is 346 g/mol. The normalized spacial score (nSPS) is 22.7. The summed E-state index contributed by atoms with van der Waals surface area (Å²) in [5.41, 5.74) is 0. The van der Waals surface area contributed by atoms with Gasteiger partial charge in [0.25, 0.3) is 0 Å². The predicted octanol–water partition coefficient (Wildman–Crippen LogP) is 1.13. The second-order valence-electron chi connectivity index (χ2n) is 7.74. The summed E-state index contributed by atoms with van der Waals surface area (Å²) in [6.07, 6.45) is 7.15. The number of hydrogen-bond donors (Lipinski definition) is 1. The van der Waals surface area contributed by atoms with E-state index >= 15 is 0 Å². The van der Waals surface area contributed by atoms with Crippen molar-refractivity contribution in [2.24, 2.45) is 0 Å². The Labute approximate surface area is 149 Å². The molecule has 3 fully saturated rings. The van der Waals surface area contributed by atoms with E-state index in [1.807, 2.05) is 11.9 Å². The fraction of sp³-hybridized carbons (Fsp3) is 0.833. The molecule has 0 unspecified atom stereocenters. The second kappa shape index (κ2) is 7.41. The van der Waals surface area contributed by atoms with Crippen LogP contribution in [0, 0.1) is 0 Å². The number of aromatic nitrogens is 3. The summed E-state index contributed by atoms with van der Waals surface area (Å²) in [5.74, 6) is 2.99. The summed E-state index contributed by atoms with van der Waals surface area (Å²) in [6.45, 7) is 5.44. The van der Waals surface area contributed by atoms with Crippen molar-refractivity contribution in [1.29, 1.82) is 0 Å². The molecular formula is C18H30N6O. The third-order valence-electron chi connectivity index (χ3n) is 5.81. The monoisotopic (exact) mass is 346 g/mol. The van der Waals surface area contributed by atoms with Crippen molar-refractivity contribution in [3.63, 3.8) is 0 Å². The van der Waals surface area contributed by atoms with Gasteiger partial charge in [0.1, 0.15) is 11.6 Å². The van der Waals surface area contributed by atoms with Gasteiger partial charge in [-0.05, 0) is 58.7 Å². The van der Waals surface area contributed by atoms with Gasteiger partial charge in [0, 0.05) is 25.0 Å². The Morgan fingerprint density at radius 3 is 2.44 bits per heavy atom. The van der Waals surface area contributed by atoms with Gasteiger partial charge in [0.05, 0.1) is 13.1 Å². The molecule has 0 aromatic carbocycles. The Kier molecular flexibility index (Phi) is 5.03. The maximum absolute atomic E-state index is 12.0. The predicted molar refractivity (Wildman–Crippen MR) is 95.3 cm³/mol. The molecule has 0 atom stereocenters. The van der Waals surface area contributed by atoms with E-state index in [1.54, 1.807) is 0 Å². The minimum Gasteiger partial charge on any atom is -0.342 e. The molecule has 1 amide bonds. The molecule has 2 saturated heterocycles. The molecule has 1 saturated carbocycles. The molecule has 4 rings (SSSR count). The van der Waals surface area contributed by atoms with E-state index in [-0.39, 0.29) is 5.91 Å². The van der Waals surface area contributed by atoms with E-state index in [9.17, 15) is 4.79 Å². The lowest BCUT2D eigenvalue weighted by atomic mass is 9.95. The second-order valence-corrected chi connectivity index (χ2v) is 7.74. The third kappa shape index (κ3) is 3.72. The van der Waals surface area contributed by atoms with E-state index in [0.29, 0.717) is 18.5 Å². The standard InChI is InChI=1S/C18H30N6O/c1-19-12-17(25)23-10-6-14(7-11-23)18-21-20-16(24(18)15-4-5-15)13-22-8-2-3-9-22/h14-15,19H,2-13H2,1H3. The lowest BCUT2D eigenvalue weighted by Crippen LogP contribution is -2.42. The highest BCUT2D eigenvalue weighted by atomic mass is 16.2. The Balaban J connectivity index is 1.44. The highest BCUT2D eigenvalue weighted by Gasteiger charge is 2.34. The topological polar surface area (TPSA) is 66.3 Å². The number of nitrogens with one attached hydrogen (secondary N) is 1. The van der Waals surface area contributed by atoms with Crippen LogP contribution in [0.25, 0.3) is 0 Å². The number of amides is 1. The van der Waals surface area contributed by atoms with E-state index in [1.165, 1.54) is 44.6 Å². The lowest BCUT2D eigenvalue weighted by Gasteiger charge is -2.32. The van der Waals surface area contributed by atoms with Gasteiger partial charge in [0.15, 0.2) is 0 Å². The molecule has 1 aromatic heterocycles. The Hall–Kier alpha value is -1.47. The zero-order valence-electron chi connectivity index (χ0n) is 15.3. The molecule has 138 valence electrons. The summed E-state index contributed by atoms with van der Waals surface area (Å²) in [6, 6.07) is 0.617. The molecule has 0 bridgehead atoms. The fourth-order valence-electron chi connectivity index (χ4n) is 4.25. The first-order valence-electron chi connectivity index (χ1n) is 9.84. The van der Waals surface area contributed by atoms with Crippen LogP contribution in [0.15, 0.2) is 0 Å². The molecule has 7 nitrogen and oxygen atoms in total. The van der Waals surface area contributed by atoms with Gasteiger partial charge < -0.3 is 14.8 Å². The zero-order valence-corrected chi connectivity index (χ0v) is 15.3. The molecule has 3 heterocycles. The average Bonchev–Trinajstić information content (AvgIpc) is 3.17. The van der Waals surface area contributed by atoms with Gasteiger partial charge in [0.2, 0.25) is 5.91 Å². The van der Waals surface area contributed by atoms with Gasteiger partial charge in [-0.3, -0.25) is 9.69 Å². The van der Waals surface area contributed by atoms with Crippen LogP contribution in [0.2, 0.25) is 0 Å². The van der Waals surface area contributed by atoms with Crippen LogP contribution in [-0.4, -0.2) is 70.2 Å². The Morgan fingerprint density at radius 1 is 1.08 bits per heavy atom. The minimum absolute atomic E-state index is 0.208. The van der Waals surface area contributed by atoms with E-state index in [0.717, 1.165) is 38.3 Å². The van der Waals surface area contributed by atoms with Gasteiger partial charge >= 0.3 is 0 Å². The summed E-state index contributed by atoms with van der Waals surface area (Å²) in [5, 5.41) is 12.2. The van der Waals surface area contributed by atoms with Crippen molar-refractivity contribution < 1.29 is 4.79 Å². The molecule has 2 aliphatic heterocycles. The van der Waals surface area contributed by atoms with Crippen LogP contribution >= 0.6 is 0 Å². The number of carbonyl (C=O) groups is 1. The highest BCUT2D eigenvalue weighted by molar-refractivity contribution is 5.78. The minimum atomic E-state index is 0.208. The van der Waals surface area contributed by atoms with Crippen molar-refractivity contribution in [3.05, 3.63) is 11.6 Å². The van der Waals surface area contributed by atoms with E-state index < -0.39 is 0 Å². The molecule has 3 aliphatic rings. The molecule has 1 aromatic rings. The van der Waals surface area contributed by atoms with Gasteiger partial charge in [-0.25, -0.2) is 0 Å². The van der Waals surface area contributed by atoms with Crippen LogP contribution < -0.4 is 5.32 Å². The van der Waals surface area contributed by atoms with Crippen molar-refractivity contribution in [2.45, 2.75) is 57.0 Å². The molecule has 25 heavy (non-hydrogen) atoms. The van der Waals surface area contributed by atoms with Gasteiger partial charge in [-0.15, -0.1) is 10.2 Å². The van der Waals surface area contributed by atoms with Gasteiger partial charge in [-0.1, -0.05) is 0 Å². The number of likely N-dealkylation sites (N-methyl/N-ethyl adjacent to an activating group) is 1. The van der Waals surface area contributed by atoms with Crippen LogP contribution in [0.1, 0.15) is 62.1 Å². The first kappa shape index (κ1) is 17.0. The number of carbonyl (C=O) groups excluding carboxylic acids is 1. The molecule has 0 spiro atoms. The van der Waals surface area contributed by atoms with Crippen molar-refractivity contribution >= 4 is 5.91 Å². The lowest BCUT2D eigenvalue weighted by molar-refractivity contribution is -0.131. The quantitative estimate of drug-likeness (QED) is 0.837. The first-order chi connectivity index (χ1) is 12.3. The fourth-order valence-corrected chi connectivity index (χ4v) is 4.25. The smallest absolute Gasteiger partial charge is 0.236 e. The number of hydrogen-bond acceptors (Lipinski definition) is 5. The first-order valence-corrected chi connectivity index (χ1v) is 9.84. The Bertz CT molecular complexity index is 597. The summed E-state index contributed by atoms with van der Waals surface area (Å²) in [4.78, 5) is 16.5. The number of rotatable bonds is 6. The van der Waals surface area contributed by atoms with E-state index in [4.69, 9.17) is 0 Å². The van der Waals surface area contributed by atoms with Crippen LogP contribution in [0.4, 0.5) is 0 Å².